The van der Waals surface area contributed by atoms with Crippen LogP contribution in [0.5, 0.6) is 0 Å². The molecule has 0 aromatic carbocycles. The van der Waals surface area contributed by atoms with Crippen LogP contribution in [0.25, 0.3) is 0 Å². The maximum atomic E-state index is 10.4. The van der Waals surface area contributed by atoms with E-state index in [-0.39, 0.29) is 5.91 Å². The second-order valence-electron chi connectivity index (χ2n) is 1.58. The molecule has 1 aliphatic rings. The van der Waals surface area contributed by atoms with Gasteiger partial charge in [-0.2, -0.15) is 0 Å². The molecule has 8 heavy (non-hydrogen) atoms. The fourth-order valence-electron chi connectivity index (χ4n) is 0.519. The summed E-state index contributed by atoms with van der Waals surface area (Å²) in [5.74, 6) is -0.0602. The molecule has 1 fully saturated rings. The molecule has 0 aromatic heterocycles. The van der Waals surface area contributed by atoms with E-state index >= 15 is 0 Å². The number of hydrogen-bond acceptors (Lipinski definition) is 3. The number of nitrogens with zero attached hydrogens (tertiary/aromatic N) is 1. The number of hydrogen-bond donors (Lipinski definition) is 1. The van der Waals surface area contributed by atoms with Gasteiger partial charge < -0.3 is 0 Å². The summed E-state index contributed by atoms with van der Waals surface area (Å²) in [6, 6.07) is 0. The molecule has 0 unspecified atom stereocenters. The summed E-state index contributed by atoms with van der Waals surface area (Å²) in [5, 5.41) is 4.11. The van der Waals surface area contributed by atoms with E-state index in [0.717, 1.165) is 0 Å². The summed E-state index contributed by atoms with van der Waals surface area (Å²) < 4.78 is 0. The Hall–Kier alpha value is -0.610. The van der Waals surface area contributed by atoms with Crippen molar-refractivity contribution in [3.05, 3.63) is 0 Å². The number of carbonyl (C=O) groups is 1. The Balaban J connectivity index is 2.35. The number of hydroxylamine groups is 2. The minimum Gasteiger partial charge on any atom is -0.273 e. The molecule has 0 radical (unpaired) electrons. The van der Waals surface area contributed by atoms with E-state index in [4.69, 9.17) is 4.84 Å². The number of rotatable bonds is 0. The molecule has 1 saturated heterocycles. The van der Waals surface area contributed by atoms with Crippen molar-refractivity contribution in [1.82, 2.24) is 10.4 Å². The summed E-state index contributed by atoms with van der Waals surface area (Å²) in [6.07, 6.45) is 0. The predicted molar refractivity (Wildman–Crippen MR) is 26.5 cm³/mol. The normalized spacial score (nSPS) is 19.4. The first kappa shape index (κ1) is 5.53. The summed E-state index contributed by atoms with van der Waals surface area (Å²) in [4.78, 5) is 15.2. The van der Waals surface area contributed by atoms with E-state index < -0.39 is 0 Å². The van der Waals surface area contributed by atoms with Crippen LogP contribution in [-0.4, -0.2) is 24.4 Å². The van der Waals surface area contributed by atoms with Gasteiger partial charge in [-0.15, -0.1) is 0 Å². The zero-order chi connectivity index (χ0) is 5.98. The molecule has 1 amide bonds. The van der Waals surface area contributed by atoms with Crippen LogP contribution in [0.3, 0.4) is 0 Å². The third-order valence-electron chi connectivity index (χ3n) is 0.929. The quantitative estimate of drug-likeness (QED) is 0.454. The van der Waals surface area contributed by atoms with Gasteiger partial charge >= 0.3 is 0 Å². The molecule has 0 bridgehead atoms. The van der Waals surface area contributed by atoms with Crippen LogP contribution in [-0.2, 0) is 9.63 Å². The van der Waals surface area contributed by atoms with Crippen molar-refractivity contribution >= 4 is 5.91 Å². The zero-order valence-electron chi connectivity index (χ0n) is 4.68. The summed E-state index contributed by atoms with van der Waals surface area (Å²) in [5.41, 5.74) is 0. The molecule has 0 aromatic rings. The standard InChI is InChI=1S/C4H8N2O2/c1-4(7)6-2-5-3-8-6/h5H,2-3H2,1H3. The minimum absolute atomic E-state index is 0.0602. The first-order valence-electron chi connectivity index (χ1n) is 2.42. The molecule has 0 atom stereocenters. The van der Waals surface area contributed by atoms with Gasteiger partial charge in [0.15, 0.2) is 0 Å². The van der Waals surface area contributed by atoms with Crippen molar-refractivity contribution in [2.45, 2.75) is 6.92 Å². The topological polar surface area (TPSA) is 41.6 Å². The molecular weight excluding hydrogens is 108 g/mol. The van der Waals surface area contributed by atoms with Crippen molar-refractivity contribution in [1.29, 1.82) is 0 Å². The fourth-order valence-corrected chi connectivity index (χ4v) is 0.519. The molecule has 0 aliphatic carbocycles. The lowest BCUT2D eigenvalue weighted by Gasteiger charge is -2.07. The van der Waals surface area contributed by atoms with Gasteiger partial charge in [0.05, 0.1) is 0 Å². The highest BCUT2D eigenvalue weighted by Gasteiger charge is 2.12. The zero-order valence-corrected chi connectivity index (χ0v) is 4.68. The predicted octanol–water partition coefficient (Wildman–Crippen LogP) is -0.715. The van der Waals surface area contributed by atoms with Crippen LogP contribution >= 0.6 is 0 Å². The van der Waals surface area contributed by atoms with E-state index in [1.807, 2.05) is 0 Å². The lowest BCUT2D eigenvalue weighted by Crippen LogP contribution is -2.25. The van der Waals surface area contributed by atoms with E-state index in [1.54, 1.807) is 0 Å². The van der Waals surface area contributed by atoms with Crippen molar-refractivity contribution in [3.8, 4) is 0 Å². The number of amides is 1. The van der Waals surface area contributed by atoms with Gasteiger partial charge in [-0.05, 0) is 0 Å². The van der Waals surface area contributed by atoms with Crippen LogP contribution in [0.4, 0.5) is 0 Å². The highest BCUT2D eigenvalue weighted by molar-refractivity contribution is 5.72. The Morgan fingerprint density at radius 3 is 2.88 bits per heavy atom. The van der Waals surface area contributed by atoms with Gasteiger partial charge in [-0.3, -0.25) is 14.9 Å². The van der Waals surface area contributed by atoms with E-state index in [2.05, 4.69) is 5.32 Å². The van der Waals surface area contributed by atoms with Crippen LogP contribution in [0, 0.1) is 0 Å². The van der Waals surface area contributed by atoms with E-state index in [1.165, 1.54) is 12.0 Å². The van der Waals surface area contributed by atoms with Crippen LogP contribution in [0.1, 0.15) is 6.92 Å². The summed E-state index contributed by atoms with van der Waals surface area (Å²) in [7, 11) is 0. The largest absolute Gasteiger partial charge is 0.273 e. The summed E-state index contributed by atoms with van der Waals surface area (Å²) in [6.45, 7) is 2.42. The molecule has 46 valence electrons. The van der Waals surface area contributed by atoms with Crippen molar-refractivity contribution in [2.24, 2.45) is 0 Å². The van der Waals surface area contributed by atoms with Gasteiger partial charge in [-0.25, -0.2) is 5.06 Å². The second-order valence-corrected chi connectivity index (χ2v) is 1.58. The van der Waals surface area contributed by atoms with Crippen LogP contribution in [0.2, 0.25) is 0 Å². The van der Waals surface area contributed by atoms with Crippen molar-refractivity contribution in [3.63, 3.8) is 0 Å². The van der Waals surface area contributed by atoms with Gasteiger partial charge in [0.2, 0.25) is 5.91 Å². The first-order chi connectivity index (χ1) is 3.80. The maximum absolute atomic E-state index is 10.4. The summed E-state index contributed by atoms with van der Waals surface area (Å²) >= 11 is 0. The van der Waals surface area contributed by atoms with Crippen LogP contribution in [0.15, 0.2) is 0 Å². The Bertz CT molecular complexity index is 98.2. The molecule has 4 nitrogen and oxygen atoms in total. The van der Waals surface area contributed by atoms with E-state index in [0.29, 0.717) is 13.4 Å². The molecule has 1 heterocycles. The average molecular weight is 116 g/mol. The molecule has 1 N–H and O–H groups in total. The van der Waals surface area contributed by atoms with Gasteiger partial charge in [0.1, 0.15) is 13.4 Å². The Morgan fingerprint density at radius 1 is 1.88 bits per heavy atom. The number of carbonyl (C=O) groups excluding carboxylic acids is 1. The average Bonchev–Trinajstić information content (AvgIpc) is 2.12. The lowest BCUT2D eigenvalue weighted by atomic mass is 10.7. The van der Waals surface area contributed by atoms with Crippen molar-refractivity contribution < 1.29 is 9.63 Å². The Labute approximate surface area is 47.4 Å². The van der Waals surface area contributed by atoms with Crippen molar-refractivity contribution in [2.75, 3.05) is 13.4 Å². The second kappa shape index (κ2) is 2.11. The fraction of sp³-hybridized carbons (Fsp3) is 0.750. The molecule has 1 aliphatic heterocycles. The monoisotopic (exact) mass is 116 g/mol. The maximum Gasteiger partial charge on any atom is 0.244 e. The number of nitrogens with one attached hydrogen (secondary N) is 1. The van der Waals surface area contributed by atoms with Crippen LogP contribution < -0.4 is 5.32 Å². The third kappa shape index (κ3) is 0.962. The molecule has 1 rings (SSSR count). The highest BCUT2D eigenvalue weighted by atomic mass is 16.7. The molecule has 0 spiro atoms. The third-order valence-corrected chi connectivity index (χ3v) is 0.929. The SMILES string of the molecule is CC(=O)N1CNCO1. The molecule has 4 heteroatoms. The Morgan fingerprint density at radius 2 is 2.62 bits per heavy atom. The van der Waals surface area contributed by atoms with E-state index in [9.17, 15) is 4.79 Å². The highest BCUT2D eigenvalue weighted by Crippen LogP contribution is 1.93. The van der Waals surface area contributed by atoms with Gasteiger partial charge in [0.25, 0.3) is 0 Å². The Kier molecular flexibility index (Phi) is 1.45. The lowest BCUT2D eigenvalue weighted by molar-refractivity contribution is -0.166. The smallest absolute Gasteiger partial charge is 0.244 e. The van der Waals surface area contributed by atoms with Gasteiger partial charge in [-0.1, -0.05) is 0 Å². The minimum atomic E-state index is -0.0602. The molecular formula is C4H8N2O2. The first-order valence-corrected chi connectivity index (χ1v) is 2.42. The molecule has 0 saturated carbocycles. The van der Waals surface area contributed by atoms with Gasteiger partial charge in [0, 0.05) is 6.92 Å².